The highest BCUT2D eigenvalue weighted by molar-refractivity contribution is 7.03. The summed E-state index contributed by atoms with van der Waals surface area (Å²) in [6, 6.07) is 4.00. The summed E-state index contributed by atoms with van der Waals surface area (Å²) in [5, 5.41) is 0. The third-order valence-corrected chi connectivity index (χ3v) is 55.3. The Morgan fingerprint density at radius 1 is 0.278 bits per heavy atom. The van der Waals surface area contributed by atoms with Crippen molar-refractivity contribution in [3.63, 3.8) is 0 Å². The van der Waals surface area contributed by atoms with E-state index in [-0.39, 0.29) is 47.4 Å². The van der Waals surface area contributed by atoms with E-state index in [1.807, 2.05) is 0 Å². The van der Waals surface area contributed by atoms with Crippen molar-refractivity contribution in [1.29, 1.82) is 0 Å². The molecule has 6 saturated heterocycles. The van der Waals surface area contributed by atoms with Gasteiger partial charge in [-0.3, -0.25) is 4.79 Å². The molecule has 0 aromatic carbocycles. The van der Waals surface area contributed by atoms with E-state index in [0.29, 0.717) is 61.4 Å². The van der Waals surface area contributed by atoms with E-state index < -0.39 is 70.4 Å². The highest BCUT2D eigenvalue weighted by Crippen LogP contribution is 2.56. The van der Waals surface area contributed by atoms with Gasteiger partial charge in [-0.15, -0.1) is 0 Å². The average molecular weight is 1250 g/mol. The maximum Gasteiger partial charge on any atom is 0.479 e. The normalized spacial score (nSPS) is 31.6. The number of carbonyl (C=O) groups is 1. The molecule has 22 heteroatoms. The Kier molecular flexibility index (Phi) is 29.6. The van der Waals surface area contributed by atoms with Gasteiger partial charge in [0.1, 0.15) is 0 Å². The van der Waals surface area contributed by atoms with E-state index >= 15 is 0 Å². The summed E-state index contributed by atoms with van der Waals surface area (Å²) in [6.45, 7) is 33.6. The molecule has 6 fully saturated rings. The van der Waals surface area contributed by atoms with Gasteiger partial charge in [-0.05, 0) is 60.7 Å². The molecule has 0 saturated carbocycles. The zero-order valence-corrected chi connectivity index (χ0v) is 61.3. The highest BCUT2D eigenvalue weighted by atomic mass is 28.6. The molecule has 0 unspecified atom stereocenters. The molecule has 6 heterocycles. The van der Waals surface area contributed by atoms with Gasteiger partial charge in [0, 0.05) is 54.8 Å². The Hall–Kier alpha value is 0.725. The van der Waals surface area contributed by atoms with Gasteiger partial charge < -0.3 is 54.1 Å². The molecule has 6 rings (SSSR count). The van der Waals surface area contributed by atoms with Crippen molar-refractivity contribution in [3.8, 4) is 0 Å². The average Bonchev–Trinajstić information content (AvgIpc) is 3.48. The van der Waals surface area contributed by atoms with Gasteiger partial charge in [0.2, 0.25) is 0 Å². The molecule has 0 radical (unpaired) electrons. The van der Waals surface area contributed by atoms with E-state index in [1.54, 1.807) is 0 Å². The van der Waals surface area contributed by atoms with Crippen LogP contribution in [0.5, 0.6) is 0 Å². The standard InChI is InChI=1S/C57H120O14Si8/c1-16-17-18-19-20-21-22-23-24-25-26-27-29-32-35-38-41-59-57(58)40-37-34-31-28-30-33-36-39-42-72-60-73(43-50(2)3)63-76(46-53(8)9)65-74(61-72,44-51(4)5)67-78(48-55(12)13)68-75(62-72,45-52(6)7)66-77(64-73,47-54(10)11)70-79(69-76,71-78)49-56(14)15/h50-56H,16-49H2,1-15H3/t72?,73-,74?,75?,76-,77?,78+,79?/m1/s1. The van der Waals surface area contributed by atoms with Gasteiger partial charge >= 0.3 is 76.4 Å². The lowest BCUT2D eigenvalue weighted by atomic mass is 10.0. The van der Waals surface area contributed by atoms with Crippen molar-refractivity contribution in [2.24, 2.45) is 41.4 Å². The Bertz CT molecular complexity index is 1600. The molecule has 14 nitrogen and oxygen atoms in total. The number of rotatable bonds is 42. The Morgan fingerprint density at radius 2 is 0.481 bits per heavy atom. The largest absolute Gasteiger partial charge is 0.479 e. The van der Waals surface area contributed by atoms with Gasteiger partial charge in [-0.2, -0.15) is 0 Å². The summed E-state index contributed by atoms with van der Waals surface area (Å²) in [7, 11) is -31.5. The molecule has 0 aliphatic carbocycles. The summed E-state index contributed by atoms with van der Waals surface area (Å²) >= 11 is 0. The van der Waals surface area contributed by atoms with Crippen molar-refractivity contribution >= 4 is 76.4 Å². The SMILES string of the molecule is CCCCCCCCCCCCCCCCCCOC(=O)CCCCCCCCCC[Si]12O[Si]3(CC(C)C)O[Si]4(CC(C)C)O[Si]5(CC(C)C)O[Si@](CC(C)C)(O3)O[Si](CC(C)C)(O1)O[Si@](CC(C)C)(O5)O[Si@@](CC(C)C)(O2)O4. The third-order valence-electron chi connectivity index (χ3n) is 15.2. The zero-order chi connectivity index (χ0) is 57.9. The van der Waals surface area contributed by atoms with E-state index in [9.17, 15) is 4.79 Å². The maximum absolute atomic E-state index is 12.6. The van der Waals surface area contributed by atoms with Crippen molar-refractivity contribution in [2.75, 3.05) is 6.61 Å². The zero-order valence-electron chi connectivity index (χ0n) is 53.3. The van der Waals surface area contributed by atoms with E-state index in [4.69, 9.17) is 54.1 Å². The minimum atomic E-state index is -3.96. The summed E-state index contributed by atoms with van der Waals surface area (Å²) in [6.07, 6.45) is 30.1. The van der Waals surface area contributed by atoms with E-state index in [0.717, 1.165) is 64.2 Å². The van der Waals surface area contributed by atoms with Crippen LogP contribution in [0.1, 0.15) is 264 Å². The van der Waals surface area contributed by atoms with Crippen LogP contribution >= 0.6 is 0 Å². The van der Waals surface area contributed by atoms with Crippen LogP contribution < -0.4 is 0 Å². The second-order valence-corrected chi connectivity index (χ2v) is 51.8. The van der Waals surface area contributed by atoms with Gasteiger partial charge in [-0.1, -0.05) is 239 Å². The minimum Gasteiger partial charge on any atom is -0.466 e. The van der Waals surface area contributed by atoms with Gasteiger partial charge in [0.05, 0.1) is 6.61 Å². The molecule has 0 atom stereocenters. The molecule has 6 aliphatic heterocycles. The molecule has 0 aromatic heterocycles. The summed E-state index contributed by atoms with van der Waals surface area (Å²) in [5.74, 6) is 0.826. The Morgan fingerprint density at radius 3 is 0.722 bits per heavy atom. The Labute approximate surface area is 493 Å². The molecule has 0 spiro atoms. The first-order chi connectivity index (χ1) is 37.4. The fourth-order valence-corrected chi connectivity index (χ4v) is 64.1. The number of hydrogen-bond donors (Lipinski definition) is 0. The van der Waals surface area contributed by atoms with Gasteiger partial charge in [0.15, 0.2) is 0 Å². The second-order valence-electron chi connectivity index (χ2n) is 27.7. The van der Waals surface area contributed by atoms with Crippen LogP contribution in [0.4, 0.5) is 0 Å². The van der Waals surface area contributed by atoms with Crippen LogP contribution in [0, 0.1) is 41.4 Å². The van der Waals surface area contributed by atoms with Crippen LogP contribution in [-0.2, 0) is 58.9 Å². The topological polar surface area (TPSA) is 137 Å². The van der Waals surface area contributed by atoms with Crippen LogP contribution in [0.3, 0.4) is 0 Å². The highest BCUT2D eigenvalue weighted by Gasteiger charge is 2.83. The lowest BCUT2D eigenvalue weighted by Crippen LogP contribution is -2.88. The molecular formula is C57H120O14Si8. The lowest BCUT2D eigenvalue weighted by molar-refractivity contribution is -0.143. The van der Waals surface area contributed by atoms with E-state index in [1.165, 1.54) is 89.9 Å². The third kappa shape index (κ3) is 23.4. The number of esters is 1. The smallest absolute Gasteiger partial charge is 0.466 e. The van der Waals surface area contributed by atoms with Crippen LogP contribution in [0.2, 0.25) is 48.4 Å². The lowest BCUT2D eigenvalue weighted by Gasteiger charge is -2.64. The molecule has 0 amide bonds. The first-order valence-corrected chi connectivity index (χ1v) is 48.4. The van der Waals surface area contributed by atoms with Crippen molar-refractivity contribution in [1.82, 2.24) is 0 Å². The van der Waals surface area contributed by atoms with Crippen molar-refractivity contribution < 1.29 is 58.9 Å². The number of ether oxygens (including phenoxy) is 1. The molecule has 0 N–H and O–H groups in total. The van der Waals surface area contributed by atoms with Crippen LogP contribution in [0.15, 0.2) is 0 Å². The summed E-state index contributed by atoms with van der Waals surface area (Å²) < 4.78 is 101. The van der Waals surface area contributed by atoms with Crippen molar-refractivity contribution in [3.05, 3.63) is 0 Å². The predicted octanol–water partition coefficient (Wildman–Crippen LogP) is 17.7. The van der Waals surface area contributed by atoms with Crippen molar-refractivity contribution in [2.45, 2.75) is 313 Å². The molecule has 79 heavy (non-hydrogen) atoms. The molecule has 464 valence electrons. The van der Waals surface area contributed by atoms with E-state index in [2.05, 4.69) is 104 Å². The monoisotopic (exact) mass is 1250 g/mol. The fourth-order valence-electron chi connectivity index (χ4n) is 12.5. The first kappa shape index (κ1) is 70.5. The number of carbonyl (C=O) groups excluding carboxylic acids is 1. The first-order valence-electron chi connectivity index (χ1n) is 32.9. The molecule has 0 aromatic rings. The van der Waals surface area contributed by atoms with Gasteiger partial charge in [0.25, 0.3) is 0 Å². The van der Waals surface area contributed by atoms with Crippen LogP contribution in [-0.4, -0.2) is 83.0 Å². The fraction of sp³-hybridized carbons (Fsp3) is 0.982. The maximum atomic E-state index is 12.6. The molecule has 6 aliphatic rings. The second kappa shape index (κ2) is 33.2. The Balaban J connectivity index is 1.24. The molecule has 8 bridgehead atoms. The molecular weight excluding hydrogens is 1130 g/mol. The predicted molar refractivity (Wildman–Crippen MR) is 333 cm³/mol. The quantitative estimate of drug-likeness (QED) is 0.0326. The summed E-state index contributed by atoms with van der Waals surface area (Å²) in [4.78, 5) is 12.6. The number of hydrogen-bond acceptors (Lipinski definition) is 14. The number of unbranched alkanes of at least 4 members (excludes halogenated alkanes) is 22. The minimum absolute atomic E-state index is 0.0417. The summed E-state index contributed by atoms with van der Waals surface area (Å²) in [5.41, 5.74) is 0. The van der Waals surface area contributed by atoms with Crippen LogP contribution in [0.25, 0.3) is 0 Å². The van der Waals surface area contributed by atoms with Gasteiger partial charge in [-0.25, -0.2) is 0 Å².